The third kappa shape index (κ3) is 4.15. The Labute approximate surface area is 169 Å². The molecule has 1 amide bonds. The van der Waals surface area contributed by atoms with Gasteiger partial charge in [0, 0.05) is 11.8 Å². The fourth-order valence-corrected chi connectivity index (χ4v) is 4.30. The van der Waals surface area contributed by atoms with E-state index in [-0.39, 0.29) is 5.69 Å². The number of carbonyl (C=O) groups is 1. The first kappa shape index (κ1) is 18.5. The van der Waals surface area contributed by atoms with Gasteiger partial charge >= 0.3 is 0 Å². The van der Waals surface area contributed by atoms with Gasteiger partial charge in [0.05, 0.1) is 6.26 Å². The van der Waals surface area contributed by atoms with Crippen LogP contribution in [0, 0.1) is 13.8 Å². The van der Waals surface area contributed by atoms with Gasteiger partial charge in [-0.15, -0.1) is 10.2 Å². The van der Waals surface area contributed by atoms with E-state index >= 15 is 0 Å². The third-order valence-electron chi connectivity index (χ3n) is 3.99. The smallest absolute Gasteiger partial charge is 0.279 e. The molecular formula is C19H16N4O3S2. The summed E-state index contributed by atoms with van der Waals surface area (Å²) in [5, 5.41) is 15.0. The lowest BCUT2D eigenvalue weighted by Gasteiger charge is -2.05. The topological polar surface area (TPSA) is 94.1 Å². The van der Waals surface area contributed by atoms with E-state index in [9.17, 15) is 4.79 Å². The number of nitrogens with one attached hydrogen (secondary N) is 1. The molecule has 0 radical (unpaired) electrons. The van der Waals surface area contributed by atoms with Gasteiger partial charge in [0.15, 0.2) is 15.8 Å². The summed E-state index contributed by atoms with van der Waals surface area (Å²) in [7, 11) is 0. The Morgan fingerprint density at radius 3 is 2.89 bits per heavy atom. The lowest BCUT2D eigenvalue weighted by molar-refractivity contribution is 0.101. The van der Waals surface area contributed by atoms with Gasteiger partial charge in [-0.3, -0.25) is 10.1 Å². The van der Waals surface area contributed by atoms with Crippen LogP contribution in [0.25, 0.3) is 11.5 Å². The monoisotopic (exact) mass is 412 g/mol. The Balaban J connectivity index is 1.38. The van der Waals surface area contributed by atoms with E-state index in [0.29, 0.717) is 16.7 Å². The summed E-state index contributed by atoms with van der Waals surface area (Å²) in [5.41, 5.74) is 3.88. The fraction of sp³-hybridized carbons (Fsp3) is 0.158. The maximum atomic E-state index is 12.3. The Kier molecular flexibility index (Phi) is 5.27. The van der Waals surface area contributed by atoms with Crippen molar-refractivity contribution in [2.45, 2.75) is 23.9 Å². The van der Waals surface area contributed by atoms with Crippen molar-refractivity contribution < 1.29 is 13.7 Å². The number of furan rings is 1. The molecule has 1 N–H and O–H groups in total. The van der Waals surface area contributed by atoms with Crippen LogP contribution < -0.4 is 5.32 Å². The van der Waals surface area contributed by atoms with Gasteiger partial charge in [-0.05, 0) is 37.1 Å². The molecule has 0 saturated carbocycles. The minimum atomic E-state index is -0.413. The number of carbonyl (C=O) groups excluding carboxylic acids is 1. The lowest BCUT2D eigenvalue weighted by Crippen LogP contribution is -2.11. The minimum absolute atomic E-state index is 0.145. The molecule has 7 nitrogen and oxygen atoms in total. The highest BCUT2D eigenvalue weighted by Gasteiger charge is 2.17. The van der Waals surface area contributed by atoms with Crippen LogP contribution in [0.4, 0.5) is 5.13 Å². The van der Waals surface area contributed by atoms with Crippen LogP contribution in [0.15, 0.2) is 55.9 Å². The first-order valence-electron chi connectivity index (χ1n) is 8.43. The molecule has 3 heterocycles. The van der Waals surface area contributed by atoms with Crippen molar-refractivity contribution in [1.29, 1.82) is 0 Å². The van der Waals surface area contributed by atoms with Gasteiger partial charge in [-0.1, -0.05) is 52.0 Å². The molecule has 4 aromatic rings. The molecule has 1 aromatic carbocycles. The number of amides is 1. The van der Waals surface area contributed by atoms with Crippen LogP contribution in [0.3, 0.4) is 0 Å². The van der Waals surface area contributed by atoms with Crippen LogP contribution in [0.5, 0.6) is 0 Å². The number of aryl methyl sites for hydroxylation is 2. The molecule has 0 spiro atoms. The quantitative estimate of drug-likeness (QED) is 0.354. The van der Waals surface area contributed by atoms with E-state index < -0.39 is 5.91 Å². The Morgan fingerprint density at radius 2 is 2.07 bits per heavy atom. The number of thioether (sulfide) groups is 1. The van der Waals surface area contributed by atoms with Crippen LogP contribution >= 0.6 is 23.1 Å². The molecule has 0 aliphatic heterocycles. The lowest BCUT2D eigenvalue weighted by atomic mass is 10.1. The molecule has 0 aliphatic carbocycles. The molecule has 0 saturated heterocycles. The molecule has 0 aliphatic rings. The second kappa shape index (κ2) is 7.99. The Hall–Kier alpha value is -2.91. The van der Waals surface area contributed by atoms with Gasteiger partial charge in [0.1, 0.15) is 0 Å². The second-order valence-electron chi connectivity index (χ2n) is 6.10. The maximum Gasteiger partial charge on any atom is 0.279 e. The second-order valence-corrected chi connectivity index (χ2v) is 8.30. The summed E-state index contributed by atoms with van der Waals surface area (Å²) in [4.78, 5) is 12.3. The number of hydrogen-bond acceptors (Lipinski definition) is 8. The van der Waals surface area contributed by atoms with Crippen LogP contribution in [-0.4, -0.2) is 21.3 Å². The molecule has 9 heteroatoms. The number of anilines is 1. The highest BCUT2D eigenvalue weighted by atomic mass is 32.2. The molecule has 142 valence electrons. The van der Waals surface area contributed by atoms with Crippen molar-refractivity contribution in [2.75, 3.05) is 5.32 Å². The number of rotatable bonds is 6. The number of nitrogens with zero attached hydrogens (tertiary/aromatic N) is 3. The maximum absolute atomic E-state index is 12.3. The molecule has 0 fully saturated rings. The molecule has 0 atom stereocenters. The highest BCUT2D eigenvalue weighted by Crippen LogP contribution is 2.30. The molecular weight excluding hydrogens is 396 g/mol. The van der Waals surface area contributed by atoms with Crippen molar-refractivity contribution in [3.63, 3.8) is 0 Å². The minimum Gasteiger partial charge on any atom is -0.461 e. The van der Waals surface area contributed by atoms with Crippen molar-refractivity contribution in [3.05, 3.63) is 65.0 Å². The van der Waals surface area contributed by atoms with Gasteiger partial charge < -0.3 is 8.94 Å². The predicted molar refractivity (Wildman–Crippen MR) is 108 cm³/mol. The summed E-state index contributed by atoms with van der Waals surface area (Å²) in [5.74, 6) is 1.28. The van der Waals surface area contributed by atoms with Crippen molar-refractivity contribution in [3.8, 4) is 11.5 Å². The van der Waals surface area contributed by atoms with E-state index in [1.165, 1.54) is 40.4 Å². The highest BCUT2D eigenvalue weighted by molar-refractivity contribution is 8.00. The zero-order chi connectivity index (χ0) is 19.5. The molecule has 4 rings (SSSR count). The summed E-state index contributed by atoms with van der Waals surface area (Å²) in [6.07, 6.45) is 1.52. The van der Waals surface area contributed by atoms with E-state index in [0.717, 1.165) is 10.1 Å². The van der Waals surface area contributed by atoms with E-state index in [1.807, 2.05) is 0 Å². The standard InChI is InChI=1S/C19H16N4O3S2/c1-11-5-6-12(2)13(8-11)10-27-19-22-21-18(28-19)20-17(24)14-9-16(26-23-14)15-4-3-7-25-15/h3-9H,10H2,1-2H3,(H,20,21,24). The zero-order valence-corrected chi connectivity index (χ0v) is 16.8. The number of hydrogen-bond donors (Lipinski definition) is 1. The van der Waals surface area contributed by atoms with Gasteiger partial charge in [-0.25, -0.2) is 0 Å². The largest absolute Gasteiger partial charge is 0.461 e. The first-order valence-corrected chi connectivity index (χ1v) is 10.2. The normalized spacial score (nSPS) is 10.9. The summed E-state index contributed by atoms with van der Waals surface area (Å²) in [6, 6.07) is 11.4. The third-order valence-corrected chi connectivity index (χ3v) is 6.01. The van der Waals surface area contributed by atoms with Crippen molar-refractivity contribution >= 4 is 34.1 Å². The van der Waals surface area contributed by atoms with Crippen molar-refractivity contribution in [2.24, 2.45) is 0 Å². The first-order chi connectivity index (χ1) is 13.6. The summed E-state index contributed by atoms with van der Waals surface area (Å²) in [6.45, 7) is 4.17. The summed E-state index contributed by atoms with van der Waals surface area (Å²) < 4.78 is 11.1. The van der Waals surface area contributed by atoms with E-state index in [4.69, 9.17) is 8.94 Å². The van der Waals surface area contributed by atoms with E-state index in [1.54, 1.807) is 23.9 Å². The van der Waals surface area contributed by atoms with Gasteiger partial charge in [0.25, 0.3) is 5.91 Å². The fourth-order valence-electron chi connectivity index (χ4n) is 2.49. The van der Waals surface area contributed by atoms with Gasteiger partial charge in [-0.2, -0.15) is 0 Å². The van der Waals surface area contributed by atoms with E-state index in [2.05, 4.69) is 52.7 Å². The van der Waals surface area contributed by atoms with Gasteiger partial charge in [0.2, 0.25) is 10.9 Å². The number of benzene rings is 1. The summed E-state index contributed by atoms with van der Waals surface area (Å²) >= 11 is 2.91. The molecule has 28 heavy (non-hydrogen) atoms. The average Bonchev–Trinajstić information content (AvgIpc) is 3.43. The SMILES string of the molecule is Cc1ccc(C)c(CSc2nnc(NC(=O)c3cc(-c4ccco4)on3)s2)c1. The average molecular weight is 412 g/mol. The molecule has 0 unspecified atom stereocenters. The Morgan fingerprint density at radius 1 is 1.18 bits per heavy atom. The van der Waals surface area contributed by atoms with Crippen LogP contribution in [0.2, 0.25) is 0 Å². The zero-order valence-electron chi connectivity index (χ0n) is 15.1. The van der Waals surface area contributed by atoms with Crippen LogP contribution in [-0.2, 0) is 5.75 Å². The molecule has 0 bridgehead atoms. The Bertz CT molecular complexity index is 1100. The van der Waals surface area contributed by atoms with Crippen molar-refractivity contribution in [1.82, 2.24) is 15.4 Å². The predicted octanol–water partition coefficient (Wildman–Crippen LogP) is 4.95. The van der Waals surface area contributed by atoms with Crippen LogP contribution in [0.1, 0.15) is 27.2 Å². The molecule has 3 aromatic heterocycles. The number of aromatic nitrogens is 3.